The number of nitrogens with zero attached hydrogens (tertiary/aromatic N) is 2. The first kappa shape index (κ1) is 14.9. The van der Waals surface area contributed by atoms with Crippen LogP contribution in [0, 0.1) is 5.92 Å². The van der Waals surface area contributed by atoms with Crippen LogP contribution in [-0.4, -0.2) is 35.6 Å². The molecule has 0 aliphatic heterocycles. The van der Waals surface area contributed by atoms with Gasteiger partial charge in [0.05, 0.1) is 11.0 Å². The molecule has 3 N–H and O–H groups in total. The summed E-state index contributed by atoms with van der Waals surface area (Å²) in [6.07, 6.45) is 4.67. The third-order valence-electron chi connectivity index (χ3n) is 3.87. The molecule has 0 unspecified atom stereocenters. The molecule has 1 aromatic carbocycles. The van der Waals surface area contributed by atoms with Gasteiger partial charge in [-0.1, -0.05) is 12.1 Å². The van der Waals surface area contributed by atoms with Gasteiger partial charge in [-0.3, -0.25) is 4.99 Å². The average molecular weight is 299 g/mol. The Morgan fingerprint density at radius 2 is 2.18 bits per heavy atom. The summed E-state index contributed by atoms with van der Waals surface area (Å²) in [5, 5.41) is 6.71. The van der Waals surface area contributed by atoms with Crippen molar-refractivity contribution in [1.82, 2.24) is 20.6 Å². The molecule has 3 rings (SSSR count). The number of para-hydroxylation sites is 2. The van der Waals surface area contributed by atoms with Crippen molar-refractivity contribution in [1.29, 1.82) is 0 Å². The standard InChI is InChI=1S/C17H25N5/c1-2-18-17(20-12-13-9-10-13)19-11-5-8-16-21-14-6-3-4-7-15(14)22-16/h3-4,6-7,13H,2,5,8-12H2,1H3,(H,21,22)(H2,18,19,20). The second kappa shape index (κ2) is 7.29. The van der Waals surface area contributed by atoms with E-state index in [1.54, 1.807) is 0 Å². The van der Waals surface area contributed by atoms with Gasteiger partial charge in [-0.2, -0.15) is 0 Å². The Kier molecular flexibility index (Phi) is 4.93. The van der Waals surface area contributed by atoms with Crippen LogP contribution in [0.15, 0.2) is 29.3 Å². The van der Waals surface area contributed by atoms with Crippen molar-refractivity contribution < 1.29 is 0 Å². The number of nitrogens with one attached hydrogen (secondary N) is 3. The summed E-state index contributed by atoms with van der Waals surface area (Å²) in [5.74, 6) is 2.83. The van der Waals surface area contributed by atoms with E-state index in [2.05, 4.69) is 38.6 Å². The Balaban J connectivity index is 1.44. The predicted octanol–water partition coefficient (Wildman–Crippen LogP) is 2.46. The normalized spacial score (nSPS) is 15.2. The van der Waals surface area contributed by atoms with Crippen LogP contribution in [0.4, 0.5) is 0 Å². The van der Waals surface area contributed by atoms with Crippen molar-refractivity contribution >= 4 is 17.0 Å². The van der Waals surface area contributed by atoms with E-state index < -0.39 is 0 Å². The fourth-order valence-electron chi connectivity index (χ4n) is 2.45. The smallest absolute Gasteiger partial charge is 0.191 e. The SMILES string of the molecule is CCNC(=NCC1CC1)NCCCc1nc2ccccc2[nH]1. The highest BCUT2D eigenvalue weighted by atomic mass is 15.2. The minimum Gasteiger partial charge on any atom is -0.357 e. The first-order valence-corrected chi connectivity index (χ1v) is 8.31. The maximum Gasteiger partial charge on any atom is 0.191 e. The highest BCUT2D eigenvalue weighted by Crippen LogP contribution is 2.28. The van der Waals surface area contributed by atoms with E-state index in [1.165, 1.54) is 12.8 Å². The lowest BCUT2D eigenvalue weighted by Gasteiger charge is -2.10. The molecule has 1 aliphatic rings. The largest absolute Gasteiger partial charge is 0.357 e. The number of H-pyrrole nitrogens is 1. The van der Waals surface area contributed by atoms with Gasteiger partial charge in [-0.05, 0) is 44.2 Å². The van der Waals surface area contributed by atoms with Crippen LogP contribution in [0.25, 0.3) is 11.0 Å². The van der Waals surface area contributed by atoms with Crippen molar-refractivity contribution in [3.05, 3.63) is 30.1 Å². The quantitative estimate of drug-likeness (QED) is 0.418. The zero-order chi connectivity index (χ0) is 15.2. The molecule has 0 saturated heterocycles. The number of aromatic nitrogens is 2. The van der Waals surface area contributed by atoms with Gasteiger partial charge in [0.25, 0.3) is 0 Å². The molecule has 5 heteroatoms. The summed E-state index contributed by atoms with van der Waals surface area (Å²) < 4.78 is 0. The summed E-state index contributed by atoms with van der Waals surface area (Å²) in [6, 6.07) is 8.16. The van der Waals surface area contributed by atoms with E-state index in [-0.39, 0.29) is 0 Å². The lowest BCUT2D eigenvalue weighted by molar-refractivity contribution is 0.722. The number of rotatable bonds is 7. The fraction of sp³-hybridized carbons (Fsp3) is 0.529. The fourth-order valence-corrected chi connectivity index (χ4v) is 2.45. The van der Waals surface area contributed by atoms with Gasteiger partial charge in [0, 0.05) is 26.1 Å². The number of guanidine groups is 1. The molecule has 5 nitrogen and oxygen atoms in total. The van der Waals surface area contributed by atoms with Crippen molar-refractivity contribution in [3.63, 3.8) is 0 Å². The molecule has 22 heavy (non-hydrogen) atoms. The zero-order valence-electron chi connectivity index (χ0n) is 13.2. The number of aromatic amines is 1. The van der Waals surface area contributed by atoms with Gasteiger partial charge in [0.1, 0.15) is 5.82 Å². The molecule has 0 spiro atoms. The molecule has 0 radical (unpaired) electrons. The summed E-state index contributed by atoms with van der Waals surface area (Å²) in [7, 11) is 0. The van der Waals surface area contributed by atoms with Crippen LogP contribution in [0.5, 0.6) is 0 Å². The summed E-state index contributed by atoms with van der Waals surface area (Å²) in [4.78, 5) is 12.6. The number of fused-ring (bicyclic) bond motifs is 1. The number of imidazole rings is 1. The van der Waals surface area contributed by atoms with Crippen LogP contribution in [-0.2, 0) is 6.42 Å². The Morgan fingerprint density at radius 3 is 2.95 bits per heavy atom. The molecule has 1 aromatic heterocycles. The average Bonchev–Trinajstić information content (AvgIpc) is 3.26. The molecule has 1 aliphatic carbocycles. The molecule has 0 amide bonds. The third-order valence-corrected chi connectivity index (χ3v) is 3.87. The molecule has 118 valence electrons. The third kappa shape index (κ3) is 4.23. The van der Waals surface area contributed by atoms with Crippen LogP contribution in [0.2, 0.25) is 0 Å². The maximum atomic E-state index is 4.63. The Hall–Kier alpha value is -2.04. The summed E-state index contributed by atoms with van der Waals surface area (Å²) in [5.41, 5.74) is 2.16. The molecule has 1 fully saturated rings. The van der Waals surface area contributed by atoms with Gasteiger partial charge in [-0.25, -0.2) is 4.98 Å². The molecule has 0 bridgehead atoms. The lowest BCUT2D eigenvalue weighted by atomic mass is 10.3. The molecule has 0 atom stereocenters. The van der Waals surface area contributed by atoms with Gasteiger partial charge >= 0.3 is 0 Å². The van der Waals surface area contributed by atoms with Crippen LogP contribution < -0.4 is 10.6 Å². The van der Waals surface area contributed by atoms with Gasteiger partial charge in [0.15, 0.2) is 5.96 Å². The summed E-state index contributed by atoms with van der Waals surface area (Å²) in [6.45, 7) is 4.87. The Labute approximate surface area is 131 Å². The second-order valence-corrected chi connectivity index (χ2v) is 5.89. The van der Waals surface area contributed by atoms with E-state index in [0.717, 1.165) is 61.2 Å². The van der Waals surface area contributed by atoms with Crippen molar-refractivity contribution in [2.45, 2.75) is 32.6 Å². The number of hydrogen-bond donors (Lipinski definition) is 3. The number of aliphatic imine (C=N–C) groups is 1. The summed E-state index contributed by atoms with van der Waals surface area (Å²) >= 11 is 0. The Morgan fingerprint density at radius 1 is 1.32 bits per heavy atom. The van der Waals surface area contributed by atoms with Gasteiger partial charge in [-0.15, -0.1) is 0 Å². The van der Waals surface area contributed by atoms with E-state index in [0.29, 0.717) is 0 Å². The second-order valence-electron chi connectivity index (χ2n) is 5.89. The Bertz CT molecular complexity index is 594. The van der Waals surface area contributed by atoms with Crippen molar-refractivity contribution in [2.24, 2.45) is 10.9 Å². The minimum absolute atomic E-state index is 0.825. The maximum absolute atomic E-state index is 4.63. The van der Waals surface area contributed by atoms with Crippen LogP contribution >= 0.6 is 0 Å². The molecule has 1 saturated carbocycles. The van der Waals surface area contributed by atoms with E-state index in [1.807, 2.05) is 18.2 Å². The van der Waals surface area contributed by atoms with Crippen molar-refractivity contribution in [2.75, 3.05) is 19.6 Å². The number of aryl methyl sites for hydroxylation is 1. The first-order chi connectivity index (χ1) is 10.8. The molecular weight excluding hydrogens is 274 g/mol. The monoisotopic (exact) mass is 299 g/mol. The van der Waals surface area contributed by atoms with Crippen LogP contribution in [0.1, 0.15) is 32.0 Å². The molecular formula is C17H25N5. The number of benzene rings is 1. The first-order valence-electron chi connectivity index (χ1n) is 8.31. The number of hydrogen-bond acceptors (Lipinski definition) is 2. The van der Waals surface area contributed by atoms with Crippen molar-refractivity contribution in [3.8, 4) is 0 Å². The zero-order valence-corrected chi connectivity index (χ0v) is 13.2. The minimum atomic E-state index is 0.825. The van der Waals surface area contributed by atoms with E-state index >= 15 is 0 Å². The topological polar surface area (TPSA) is 65.1 Å². The van der Waals surface area contributed by atoms with Crippen LogP contribution in [0.3, 0.4) is 0 Å². The van der Waals surface area contributed by atoms with Gasteiger partial charge in [0.2, 0.25) is 0 Å². The highest BCUT2D eigenvalue weighted by molar-refractivity contribution is 5.79. The van der Waals surface area contributed by atoms with E-state index in [4.69, 9.17) is 0 Å². The van der Waals surface area contributed by atoms with Gasteiger partial charge < -0.3 is 15.6 Å². The molecule has 1 heterocycles. The lowest BCUT2D eigenvalue weighted by Crippen LogP contribution is -2.38. The highest BCUT2D eigenvalue weighted by Gasteiger charge is 2.20. The molecule has 2 aromatic rings. The van der Waals surface area contributed by atoms with E-state index in [9.17, 15) is 0 Å². The predicted molar refractivity (Wildman–Crippen MR) is 91.1 cm³/mol.